The van der Waals surface area contributed by atoms with E-state index >= 15 is 0 Å². The molecule has 150 valence electrons. The molecule has 0 fully saturated rings. The van der Waals surface area contributed by atoms with Crippen molar-refractivity contribution in [1.82, 2.24) is 15.1 Å². The van der Waals surface area contributed by atoms with Crippen LogP contribution in [0.2, 0.25) is 0 Å². The van der Waals surface area contributed by atoms with Crippen LogP contribution >= 0.6 is 0 Å². The molecule has 0 unspecified atom stereocenters. The van der Waals surface area contributed by atoms with Gasteiger partial charge in [-0.05, 0) is 46.5 Å². The van der Waals surface area contributed by atoms with Gasteiger partial charge in [-0.25, -0.2) is 0 Å². The van der Waals surface area contributed by atoms with Gasteiger partial charge in [0.2, 0.25) is 0 Å². The molecule has 5 nitrogen and oxygen atoms in total. The van der Waals surface area contributed by atoms with E-state index in [-0.39, 0.29) is 5.91 Å². The van der Waals surface area contributed by atoms with E-state index in [2.05, 4.69) is 34.7 Å². The number of nitrogens with zero attached hydrogens (tertiary/aromatic N) is 2. The molecule has 0 saturated heterocycles. The van der Waals surface area contributed by atoms with E-state index in [4.69, 9.17) is 4.74 Å². The summed E-state index contributed by atoms with van der Waals surface area (Å²) in [5.74, 6) is 0.702. The van der Waals surface area contributed by atoms with Crippen molar-refractivity contribution in [2.45, 2.75) is 13.1 Å². The van der Waals surface area contributed by atoms with Crippen molar-refractivity contribution in [3.63, 3.8) is 0 Å². The summed E-state index contributed by atoms with van der Waals surface area (Å²) in [5.41, 5.74) is 4.75. The normalized spacial score (nSPS) is 10.6. The monoisotopic (exact) mass is 397 g/mol. The molecule has 1 N–H and O–H groups in total. The van der Waals surface area contributed by atoms with Crippen LogP contribution in [-0.2, 0) is 13.1 Å². The summed E-state index contributed by atoms with van der Waals surface area (Å²) in [6.07, 6.45) is 3.71. The lowest BCUT2D eigenvalue weighted by molar-refractivity contribution is 0.0951. The second kappa shape index (κ2) is 9.09. The van der Waals surface area contributed by atoms with Crippen molar-refractivity contribution in [2.24, 2.45) is 0 Å². The first kappa shape index (κ1) is 19.5. The van der Waals surface area contributed by atoms with Crippen LogP contribution < -0.4 is 10.1 Å². The zero-order chi connectivity index (χ0) is 20.8. The van der Waals surface area contributed by atoms with Crippen LogP contribution in [0.4, 0.5) is 0 Å². The molecule has 4 aromatic rings. The lowest BCUT2D eigenvalue weighted by atomic mass is 9.98. The largest absolute Gasteiger partial charge is 0.497 e. The first-order valence-corrected chi connectivity index (χ1v) is 9.80. The van der Waals surface area contributed by atoms with Gasteiger partial charge in [-0.1, -0.05) is 54.6 Å². The second-order valence-electron chi connectivity index (χ2n) is 6.98. The summed E-state index contributed by atoms with van der Waals surface area (Å²) >= 11 is 0. The van der Waals surface area contributed by atoms with Crippen LogP contribution in [0.3, 0.4) is 0 Å². The molecular formula is C25H23N3O2. The van der Waals surface area contributed by atoms with E-state index < -0.39 is 0 Å². The predicted molar refractivity (Wildman–Crippen MR) is 117 cm³/mol. The number of carbonyl (C=O) groups is 1. The summed E-state index contributed by atoms with van der Waals surface area (Å²) in [7, 11) is 1.64. The number of hydrogen-bond donors (Lipinski definition) is 1. The molecule has 0 aliphatic carbocycles. The number of rotatable bonds is 7. The third kappa shape index (κ3) is 4.58. The molecule has 0 saturated carbocycles. The van der Waals surface area contributed by atoms with Crippen LogP contribution in [0.15, 0.2) is 91.3 Å². The summed E-state index contributed by atoms with van der Waals surface area (Å²) in [5, 5.41) is 7.25. The lowest BCUT2D eigenvalue weighted by Crippen LogP contribution is -2.23. The molecule has 0 bridgehead atoms. The molecule has 1 aromatic heterocycles. The number of benzene rings is 3. The van der Waals surface area contributed by atoms with Crippen LogP contribution in [0.25, 0.3) is 11.1 Å². The first-order valence-electron chi connectivity index (χ1n) is 9.80. The Morgan fingerprint density at radius 3 is 2.37 bits per heavy atom. The molecule has 4 rings (SSSR count). The Morgan fingerprint density at radius 2 is 1.67 bits per heavy atom. The highest BCUT2D eigenvalue weighted by Gasteiger charge is 2.12. The quantitative estimate of drug-likeness (QED) is 0.498. The topological polar surface area (TPSA) is 56.1 Å². The predicted octanol–water partition coefficient (Wildman–Crippen LogP) is 4.54. The molecule has 3 aromatic carbocycles. The van der Waals surface area contributed by atoms with E-state index in [1.807, 2.05) is 65.5 Å². The molecule has 5 heteroatoms. The number of carbonyl (C=O) groups excluding carboxylic acids is 1. The minimum Gasteiger partial charge on any atom is -0.497 e. The van der Waals surface area contributed by atoms with Gasteiger partial charge < -0.3 is 10.1 Å². The minimum absolute atomic E-state index is 0.0953. The summed E-state index contributed by atoms with van der Waals surface area (Å²) in [6.45, 7) is 1.18. The highest BCUT2D eigenvalue weighted by molar-refractivity contribution is 6.00. The number of amides is 1. The molecular weight excluding hydrogens is 374 g/mol. The third-order valence-electron chi connectivity index (χ3n) is 4.95. The fraction of sp³-hybridized carbons (Fsp3) is 0.120. The fourth-order valence-electron chi connectivity index (χ4n) is 3.32. The maximum atomic E-state index is 12.9. The molecule has 0 atom stereocenters. The average molecular weight is 397 g/mol. The van der Waals surface area contributed by atoms with Crippen molar-refractivity contribution >= 4 is 5.91 Å². The number of ether oxygens (including phenoxy) is 1. The highest BCUT2D eigenvalue weighted by Crippen LogP contribution is 2.24. The second-order valence-corrected chi connectivity index (χ2v) is 6.98. The van der Waals surface area contributed by atoms with Crippen molar-refractivity contribution in [2.75, 3.05) is 7.11 Å². The van der Waals surface area contributed by atoms with E-state index in [1.54, 1.807) is 13.3 Å². The molecule has 30 heavy (non-hydrogen) atoms. The molecule has 0 spiro atoms. The Labute approximate surface area is 175 Å². The maximum Gasteiger partial charge on any atom is 0.252 e. The summed E-state index contributed by atoms with van der Waals surface area (Å²) in [4.78, 5) is 12.9. The van der Waals surface area contributed by atoms with E-state index in [1.165, 1.54) is 0 Å². The molecule has 1 amide bonds. The summed E-state index contributed by atoms with van der Waals surface area (Å²) < 4.78 is 7.06. The Bertz CT molecular complexity index is 1100. The standard InChI is InChI=1S/C25H23N3O2/c1-30-22-13-9-19(10-14-22)17-26-25(29)24-6-3-2-5-23(24)21-11-7-20(8-12-21)18-28-16-4-15-27-28/h2-16H,17-18H2,1H3,(H,26,29). The van der Waals surface area contributed by atoms with Gasteiger partial charge in [-0.3, -0.25) is 9.48 Å². The van der Waals surface area contributed by atoms with E-state index in [0.29, 0.717) is 12.1 Å². The average Bonchev–Trinajstić information content (AvgIpc) is 3.31. The van der Waals surface area contributed by atoms with Gasteiger partial charge in [-0.15, -0.1) is 0 Å². The van der Waals surface area contributed by atoms with Crippen molar-refractivity contribution < 1.29 is 9.53 Å². The van der Waals surface area contributed by atoms with Gasteiger partial charge in [0, 0.05) is 24.5 Å². The Balaban J connectivity index is 1.48. The molecule has 0 aliphatic heterocycles. The Hall–Kier alpha value is -3.86. The molecule has 1 heterocycles. The van der Waals surface area contributed by atoms with Gasteiger partial charge in [0.1, 0.15) is 5.75 Å². The van der Waals surface area contributed by atoms with Crippen LogP contribution in [0, 0.1) is 0 Å². The Kier molecular flexibility index (Phi) is 5.90. The highest BCUT2D eigenvalue weighted by atomic mass is 16.5. The van der Waals surface area contributed by atoms with E-state index in [9.17, 15) is 4.79 Å². The number of nitrogens with one attached hydrogen (secondary N) is 1. The smallest absolute Gasteiger partial charge is 0.252 e. The zero-order valence-corrected chi connectivity index (χ0v) is 16.8. The van der Waals surface area contributed by atoms with Gasteiger partial charge in [0.25, 0.3) is 5.91 Å². The summed E-state index contributed by atoms with van der Waals surface area (Å²) in [6, 6.07) is 25.5. The van der Waals surface area contributed by atoms with Crippen LogP contribution in [0.1, 0.15) is 21.5 Å². The van der Waals surface area contributed by atoms with Crippen molar-refractivity contribution in [1.29, 1.82) is 0 Å². The van der Waals surface area contributed by atoms with Crippen LogP contribution in [0.5, 0.6) is 5.75 Å². The third-order valence-corrected chi connectivity index (χ3v) is 4.95. The number of aromatic nitrogens is 2. The van der Waals surface area contributed by atoms with Crippen molar-refractivity contribution in [3.05, 3.63) is 108 Å². The van der Waals surface area contributed by atoms with Gasteiger partial charge >= 0.3 is 0 Å². The van der Waals surface area contributed by atoms with Crippen LogP contribution in [-0.4, -0.2) is 22.8 Å². The zero-order valence-electron chi connectivity index (χ0n) is 16.8. The SMILES string of the molecule is COc1ccc(CNC(=O)c2ccccc2-c2ccc(Cn3cccn3)cc2)cc1. The fourth-order valence-corrected chi connectivity index (χ4v) is 3.32. The lowest BCUT2D eigenvalue weighted by Gasteiger charge is -2.11. The number of methoxy groups -OCH3 is 1. The molecule has 0 radical (unpaired) electrons. The van der Waals surface area contributed by atoms with Gasteiger partial charge in [0.05, 0.1) is 13.7 Å². The van der Waals surface area contributed by atoms with E-state index in [0.717, 1.165) is 34.5 Å². The minimum atomic E-state index is -0.0953. The first-order chi connectivity index (χ1) is 14.7. The van der Waals surface area contributed by atoms with Gasteiger partial charge in [-0.2, -0.15) is 5.10 Å². The van der Waals surface area contributed by atoms with Crippen molar-refractivity contribution in [3.8, 4) is 16.9 Å². The van der Waals surface area contributed by atoms with Gasteiger partial charge in [0.15, 0.2) is 0 Å². The molecule has 0 aliphatic rings. The number of hydrogen-bond acceptors (Lipinski definition) is 3. The maximum absolute atomic E-state index is 12.9. The Morgan fingerprint density at radius 1 is 0.933 bits per heavy atom.